The van der Waals surface area contributed by atoms with Gasteiger partial charge in [-0.15, -0.1) is 0 Å². The van der Waals surface area contributed by atoms with Crippen molar-refractivity contribution >= 4 is 93.8 Å². The third kappa shape index (κ3) is 6.49. The maximum atomic E-state index is 14.0. The van der Waals surface area contributed by atoms with Crippen LogP contribution in [0.15, 0.2) is 175 Å². The van der Waals surface area contributed by atoms with Crippen molar-refractivity contribution in [2.24, 2.45) is 0 Å². The van der Waals surface area contributed by atoms with Gasteiger partial charge in [0.05, 0.1) is 14.2 Å². The molecule has 0 aliphatic heterocycles. The smallest absolute Gasteiger partial charge is 0.453 e. The standard InChI is InChI=1S/C48H32O10P2/c1-51-47(49)37-27-29-15-3-5-17-31(29)43(45(37)57-59-53-39-23-11-7-19-33(39)34-20-8-12-24-40(34)54-59)44-32-18-6-4-16-30(32)28-38(48(50)52-2)46(44)58-60-55-41-25-13-9-21-35(41)36-22-10-14-26-42(36)56-60/h3-28H,1-2H3. The van der Waals surface area contributed by atoms with Gasteiger partial charge in [0.25, 0.3) is 0 Å². The minimum atomic E-state index is -2.30. The quantitative estimate of drug-likeness (QED) is 0.143. The molecule has 2 aromatic heterocycles. The van der Waals surface area contributed by atoms with Crippen molar-refractivity contribution in [2.75, 3.05) is 14.2 Å². The lowest BCUT2D eigenvalue weighted by molar-refractivity contribution is 0.0589. The van der Waals surface area contributed by atoms with Gasteiger partial charge >= 0.3 is 28.4 Å². The average molecular weight is 831 g/mol. The van der Waals surface area contributed by atoms with Gasteiger partial charge in [-0.05, 0) is 57.9 Å². The van der Waals surface area contributed by atoms with E-state index in [1.54, 1.807) is 12.1 Å². The number of rotatable bonds is 7. The highest BCUT2D eigenvalue weighted by Crippen LogP contribution is 2.53. The predicted molar refractivity (Wildman–Crippen MR) is 234 cm³/mol. The van der Waals surface area contributed by atoms with Gasteiger partial charge in [-0.1, -0.05) is 121 Å². The van der Waals surface area contributed by atoms with Crippen LogP contribution in [0.1, 0.15) is 20.7 Å². The summed E-state index contributed by atoms with van der Waals surface area (Å²) in [5, 5.41) is 5.94. The second-order valence-electron chi connectivity index (χ2n) is 13.7. The molecule has 10 aromatic rings. The zero-order valence-corrected chi connectivity index (χ0v) is 33.8. The van der Waals surface area contributed by atoms with E-state index in [4.69, 9.17) is 35.3 Å². The monoisotopic (exact) mass is 830 g/mol. The van der Waals surface area contributed by atoms with Crippen LogP contribution >= 0.6 is 16.5 Å². The lowest BCUT2D eigenvalue weighted by Crippen LogP contribution is -2.08. The second-order valence-corrected chi connectivity index (χ2v) is 15.7. The Morgan fingerprint density at radius 3 is 1.00 bits per heavy atom. The Hall–Kier alpha value is -7.38. The minimum absolute atomic E-state index is 0.0757. The highest BCUT2D eigenvalue weighted by atomic mass is 31.1. The molecule has 12 heteroatoms. The van der Waals surface area contributed by atoms with Crippen LogP contribution in [-0.2, 0) is 9.47 Å². The SMILES string of the molecule is COC(=O)c1cc2ccccc2c(-c2c(Op3oc4ccccc4c4ccccc4o3)c(C(=O)OC)cc3ccccc23)c1Op1oc2ccccc2c2ccccc2o1. The Morgan fingerprint density at radius 2 is 0.683 bits per heavy atom. The van der Waals surface area contributed by atoms with Gasteiger partial charge in [0.15, 0.2) is 11.5 Å². The highest BCUT2D eigenvalue weighted by molar-refractivity contribution is 7.32. The number of para-hydroxylation sites is 4. The topological polar surface area (TPSA) is 124 Å². The van der Waals surface area contributed by atoms with Gasteiger partial charge in [-0.3, -0.25) is 0 Å². The third-order valence-electron chi connectivity index (χ3n) is 10.2. The first-order chi connectivity index (χ1) is 29.5. The van der Waals surface area contributed by atoms with E-state index in [1.807, 2.05) is 146 Å². The average Bonchev–Trinajstić information content (AvgIpc) is 3.55. The second kappa shape index (κ2) is 15.4. The molecule has 8 aromatic carbocycles. The Morgan fingerprint density at radius 1 is 0.400 bits per heavy atom. The van der Waals surface area contributed by atoms with Crippen molar-refractivity contribution in [1.29, 1.82) is 0 Å². The molecule has 0 atom stereocenters. The van der Waals surface area contributed by atoms with Crippen molar-refractivity contribution in [3.8, 4) is 22.6 Å². The van der Waals surface area contributed by atoms with Crippen molar-refractivity contribution < 1.29 is 44.9 Å². The van der Waals surface area contributed by atoms with Gasteiger partial charge in [0.2, 0.25) is 0 Å². The third-order valence-corrected chi connectivity index (χ3v) is 12.3. The van der Waals surface area contributed by atoms with Crippen LogP contribution in [0.5, 0.6) is 11.5 Å². The number of carbonyl (C=O) groups excluding carboxylic acids is 2. The Kier molecular flexibility index (Phi) is 9.49. The molecule has 0 fully saturated rings. The molecule has 60 heavy (non-hydrogen) atoms. The van der Waals surface area contributed by atoms with Crippen molar-refractivity contribution in [3.05, 3.63) is 169 Å². The minimum Gasteiger partial charge on any atom is -0.465 e. The molecule has 0 saturated carbocycles. The summed E-state index contributed by atoms with van der Waals surface area (Å²) in [6.45, 7) is 0. The molecule has 0 unspecified atom stereocenters. The van der Waals surface area contributed by atoms with Crippen LogP contribution in [0.3, 0.4) is 0 Å². The molecule has 10 rings (SSSR count). The van der Waals surface area contributed by atoms with Crippen LogP contribution in [0.25, 0.3) is 76.5 Å². The molecule has 10 nitrogen and oxygen atoms in total. The number of fused-ring (bicyclic) bond motifs is 8. The molecule has 2 heterocycles. The van der Waals surface area contributed by atoms with Crippen molar-refractivity contribution in [3.63, 3.8) is 0 Å². The van der Waals surface area contributed by atoms with Crippen LogP contribution in [0.2, 0.25) is 0 Å². The number of ether oxygens (including phenoxy) is 2. The summed E-state index contributed by atoms with van der Waals surface area (Å²) in [6.07, 6.45) is 0. The number of esters is 2. The Bertz CT molecular complexity index is 3080. The van der Waals surface area contributed by atoms with Gasteiger partial charge < -0.3 is 35.3 Å². The first kappa shape index (κ1) is 36.9. The summed E-state index contributed by atoms with van der Waals surface area (Å²) in [7, 11) is -1.98. The summed E-state index contributed by atoms with van der Waals surface area (Å²) in [5.41, 5.74) is 3.09. The number of hydrogen-bond acceptors (Lipinski definition) is 10. The molecular formula is C48H32O10P2. The predicted octanol–water partition coefficient (Wildman–Crippen LogP) is 14.1. The van der Waals surface area contributed by atoms with Gasteiger partial charge in [-0.25, -0.2) is 9.59 Å². The van der Waals surface area contributed by atoms with E-state index in [-0.39, 0.29) is 22.6 Å². The lowest BCUT2D eigenvalue weighted by atomic mass is 9.89. The summed E-state index contributed by atoms with van der Waals surface area (Å²) in [5.74, 6) is -1.20. The van der Waals surface area contributed by atoms with Crippen molar-refractivity contribution in [1.82, 2.24) is 0 Å². The van der Waals surface area contributed by atoms with E-state index in [2.05, 4.69) is 0 Å². The number of hydrogen-bond donors (Lipinski definition) is 0. The fraction of sp³-hybridized carbons (Fsp3) is 0.0417. The molecule has 0 amide bonds. The zero-order chi connectivity index (χ0) is 40.7. The maximum Gasteiger partial charge on any atom is 0.453 e. The first-order valence-electron chi connectivity index (χ1n) is 18.8. The molecule has 0 aliphatic rings. The van der Waals surface area contributed by atoms with E-state index in [9.17, 15) is 9.59 Å². The van der Waals surface area contributed by atoms with E-state index in [1.165, 1.54) is 14.2 Å². The normalized spacial score (nSPS) is 11.3. The van der Waals surface area contributed by atoms with E-state index in [0.29, 0.717) is 55.0 Å². The van der Waals surface area contributed by atoms with Gasteiger partial charge in [0, 0.05) is 32.7 Å². The number of carbonyl (C=O) groups is 2. The molecule has 0 bridgehead atoms. The van der Waals surface area contributed by atoms with Crippen molar-refractivity contribution in [2.45, 2.75) is 0 Å². The summed E-state index contributed by atoms with van der Waals surface area (Å²) >= 11 is 0. The summed E-state index contributed by atoms with van der Waals surface area (Å²) < 4.78 is 50.8. The summed E-state index contributed by atoms with van der Waals surface area (Å²) in [6, 6.07) is 48.8. The Labute approximate surface area is 343 Å². The van der Waals surface area contributed by atoms with E-state index in [0.717, 1.165) is 21.5 Å². The summed E-state index contributed by atoms with van der Waals surface area (Å²) in [4.78, 5) is 28.0. The molecule has 0 aliphatic carbocycles. The number of benzene rings is 8. The molecule has 294 valence electrons. The molecular weight excluding hydrogens is 798 g/mol. The van der Waals surface area contributed by atoms with Crippen LogP contribution in [0, 0.1) is 0 Å². The number of methoxy groups -OCH3 is 2. The van der Waals surface area contributed by atoms with Gasteiger partial charge in [0.1, 0.15) is 33.5 Å². The molecule has 0 radical (unpaired) electrons. The van der Waals surface area contributed by atoms with E-state index >= 15 is 0 Å². The molecule has 0 saturated heterocycles. The zero-order valence-electron chi connectivity index (χ0n) is 32.0. The maximum absolute atomic E-state index is 14.0. The van der Waals surface area contributed by atoms with Crippen LogP contribution < -0.4 is 9.05 Å². The fourth-order valence-electron chi connectivity index (χ4n) is 7.52. The fourth-order valence-corrected chi connectivity index (χ4v) is 9.70. The Balaban J connectivity index is 1.34. The largest absolute Gasteiger partial charge is 0.465 e. The molecule has 0 spiro atoms. The highest BCUT2D eigenvalue weighted by Gasteiger charge is 2.31. The first-order valence-corrected chi connectivity index (χ1v) is 21.0. The van der Waals surface area contributed by atoms with Crippen LogP contribution in [0.4, 0.5) is 0 Å². The van der Waals surface area contributed by atoms with E-state index < -0.39 is 28.4 Å². The molecule has 0 N–H and O–H groups in total. The van der Waals surface area contributed by atoms with Gasteiger partial charge in [-0.2, -0.15) is 0 Å². The lowest BCUT2D eigenvalue weighted by Gasteiger charge is -2.21. The van der Waals surface area contributed by atoms with Crippen LogP contribution in [-0.4, -0.2) is 26.2 Å².